The van der Waals surface area contributed by atoms with Crippen LogP contribution in [-0.2, 0) is 6.61 Å². The van der Waals surface area contributed by atoms with Crippen LogP contribution in [0.2, 0.25) is 0 Å². The van der Waals surface area contributed by atoms with E-state index in [1.165, 1.54) is 0 Å². The molecule has 0 bridgehead atoms. The molecule has 8 heteroatoms. The third-order valence-corrected chi connectivity index (χ3v) is 6.33. The molecule has 2 aromatic heterocycles. The highest BCUT2D eigenvalue weighted by atomic mass is 16.5. The second-order valence-electron chi connectivity index (χ2n) is 9.08. The molecule has 0 aliphatic heterocycles. The number of carbonyl (C=O) groups excluding carboxylic acids is 1. The van der Waals surface area contributed by atoms with E-state index >= 15 is 0 Å². The van der Waals surface area contributed by atoms with Crippen molar-refractivity contribution in [2.45, 2.75) is 19.4 Å². The van der Waals surface area contributed by atoms with Crippen molar-refractivity contribution in [3.63, 3.8) is 0 Å². The Morgan fingerprint density at radius 2 is 1.81 bits per heavy atom. The van der Waals surface area contributed by atoms with Crippen LogP contribution in [0.5, 0.6) is 5.75 Å². The largest absolute Gasteiger partial charge is 0.485 e. The van der Waals surface area contributed by atoms with Crippen molar-refractivity contribution in [2.75, 3.05) is 25.5 Å². The summed E-state index contributed by atoms with van der Waals surface area (Å²) in [5.74, 6) is 1.43. The maximum atomic E-state index is 13.1. The lowest BCUT2D eigenvalue weighted by Crippen LogP contribution is -2.28. The highest BCUT2D eigenvalue weighted by Gasteiger charge is 2.20. The molecule has 0 aliphatic carbocycles. The zero-order valence-corrected chi connectivity index (χ0v) is 21.1. The van der Waals surface area contributed by atoms with E-state index in [1.54, 1.807) is 31.2 Å². The summed E-state index contributed by atoms with van der Waals surface area (Å²) in [6, 6.07) is 23.7. The van der Waals surface area contributed by atoms with E-state index in [1.807, 2.05) is 32.4 Å². The number of fused-ring (bicyclic) bond motifs is 1. The summed E-state index contributed by atoms with van der Waals surface area (Å²) in [5, 5.41) is 8.10. The number of ether oxygens (including phenoxy) is 1. The minimum atomic E-state index is -0.143. The Labute approximate surface area is 215 Å². The summed E-state index contributed by atoms with van der Waals surface area (Å²) in [6.07, 6.45) is 2.04. The molecule has 0 spiro atoms. The molecule has 188 valence electrons. The number of hydrogen-bond donors (Lipinski definition) is 2. The van der Waals surface area contributed by atoms with Gasteiger partial charge in [0.05, 0.1) is 0 Å². The Morgan fingerprint density at radius 3 is 2.51 bits per heavy atom. The molecule has 0 radical (unpaired) electrons. The summed E-state index contributed by atoms with van der Waals surface area (Å²) in [4.78, 5) is 22.6. The van der Waals surface area contributed by atoms with Gasteiger partial charge in [0.2, 0.25) is 11.7 Å². The number of benzene rings is 3. The standard InChI is InChI=1S/C29H29N5O3/c1-19-32-28(33-37-19)18-36-23-14-10-21(11-15-23)29(35)31-16-25(20-8-12-22(13-9-20)34(2)3)26-17-30-27-7-5-4-6-24(26)27/h4-15,17,25,30H,16,18H2,1-3H3,(H,31,35). The van der Waals surface area contributed by atoms with Gasteiger partial charge in [-0.3, -0.25) is 4.79 Å². The first kappa shape index (κ1) is 24.1. The zero-order chi connectivity index (χ0) is 25.8. The fourth-order valence-corrected chi connectivity index (χ4v) is 4.34. The van der Waals surface area contributed by atoms with E-state index in [-0.39, 0.29) is 18.4 Å². The SMILES string of the molecule is Cc1nc(COc2ccc(C(=O)NCC(c3ccc(N(C)C)cc3)c3c[nH]c4ccccc34)cc2)no1. The van der Waals surface area contributed by atoms with Gasteiger partial charge in [-0.15, -0.1) is 0 Å². The van der Waals surface area contributed by atoms with Gasteiger partial charge in [-0.05, 0) is 53.6 Å². The number of aromatic nitrogens is 3. The molecule has 5 rings (SSSR count). The van der Waals surface area contributed by atoms with Crippen LogP contribution in [0.4, 0.5) is 5.69 Å². The quantitative estimate of drug-likeness (QED) is 0.297. The number of rotatable bonds is 9. The molecule has 1 unspecified atom stereocenters. The van der Waals surface area contributed by atoms with Crippen LogP contribution in [0.1, 0.15) is 39.1 Å². The maximum absolute atomic E-state index is 13.1. The molecule has 0 aliphatic rings. The van der Waals surface area contributed by atoms with E-state index in [0.29, 0.717) is 29.6 Å². The van der Waals surface area contributed by atoms with Crippen LogP contribution >= 0.6 is 0 Å². The highest BCUT2D eigenvalue weighted by molar-refractivity contribution is 5.94. The average Bonchev–Trinajstić information content (AvgIpc) is 3.54. The number of hydrogen-bond acceptors (Lipinski definition) is 6. The molecule has 2 N–H and O–H groups in total. The minimum absolute atomic E-state index is 0.0164. The van der Waals surface area contributed by atoms with Gasteiger partial charge in [0, 0.05) is 61.8 Å². The average molecular weight is 496 g/mol. The smallest absolute Gasteiger partial charge is 0.251 e. The van der Waals surface area contributed by atoms with E-state index in [4.69, 9.17) is 9.26 Å². The molecule has 1 amide bonds. The summed E-state index contributed by atoms with van der Waals surface area (Å²) in [6.45, 7) is 2.38. The summed E-state index contributed by atoms with van der Waals surface area (Å²) >= 11 is 0. The van der Waals surface area contributed by atoms with Gasteiger partial charge in [0.1, 0.15) is 5.75 Å². The zero-order valence-electron chi connectivity index (χ0n) is 21.1. The Kier molecular flexibility index (Phi) is 6.89. The van der Waals surface area contributed by atoms with E-state index in [2.05, 4.69) is 61.7 Å². The van der Waals surface area contributed by atoms with Crippen molar-refractivity contribution in [3.8, 4) is 5.75 Å². The molecule has 1 atom stereocenters. The van der Waals surface area contributed by atoms with Crippen molar-refractivity contribution in [3.05, 3.63) is 107 Å². The fraction of sp³-hybridized carbons (Fsp3) is 0.207. The number of amides is 1. The normalized spacial score (nSPS) is 11.9. The van der Waals surface area contributed by atoms with E-state index in [0.717, 1.165) is 27.7 Å². The monoisotopic (exact) mass is 495 g/mol. The van der Waals surface area contributed by atoms with Gasteiger partial charge in [0.15, 0.2) is 6.61 Å². The minimum Gasteiger partial charge on any atom is -0.485 e. The molecule has 0 fully saturated rings. The van der Waals surface area contributed by atoms with Crippen LogP contribution in [0, 0.1) is 6.92 Å². The number of anilines is 1. The van der Waals surface area contributed by atoms with Crippen molar-refractivity contribution >= 4 is 22.5 Å². The van der Waals surface area contributed by atoms with Gasteiger partial charge >= 0.3 is 0 Å². The van der Waals surface area contributed by atoms with Crippen LogP contribution in [0.15, 0.2) is 83.5 Å². The van der Waals surface area contributed by atoms with Crippen LogP contribution in [0.25, 0.3) is 10.9 Å². The fourth-order valence-electron chi connectivity index (χ4n) is 4.34. The van der Waals surface area contributed by atoms with E-state index < -0.39 is 0 Å². The molecule has 5 aromatic rings. The summed E-state index contributed by atoms with van der Waals surface area (Å²) in [7, 11) is 4.05. The third-order valence-electron chi connectivity index (χ3n) is 6.33. The van der Waals surface area contributed by atoms with Crippen molar-refractivity contribution in [1.82, 2.24) is 20.4 Å². The third kappa shape index (κ3) is 5.48. The van der Waals surface area contributed by atoms with Crippen LogP contribution in [0.3, 0.4) is 0 Å². The van der Waals surface area contributed by atoms with Crippen LogP contribution < -0.4 is 15.0 Å². The molecule has 2 heterocycles. The first-order chi connectivity index (χ1) is 18.0. The predicted molar refractivity (Wildman–Crippen MR) is 143 cm³/mol. The number of para-hydroxylation sites is 1. The Bertz CT molecular complexity index is 1490. The first-order valence-electron chi connectivity index (χ1n) is 12.1. The van der Waals surface area contributed by atoms with Crippen molar-refractivity contribution < 1.29 is 14.1 Å². The van der Waals surface area contributed by atoms with Gasteiger partial charge in [0.25, 0.3) is 5.91 Å². The number of nitrogens with one attached hydrogen (secondary N) is 2. The number of aromatic amines is 1. The molecular formula is C29H29N5O3. The highest BCUT2D eigenvalue weighted by Crippen LogP contribution is 2.31. The molecule has 0 saturated carbocycles. The second kappa shape index (κ2) is 10.6. The summed E-state index contributed by atoms with van der Waals surface area (Å²) < 4.78 is 10.6. The topological polar surface area (TPSA) is 96.3 Å². The number of nitrogens with zero attached hydrogens (tertiary/aromatic N) is 3. The summed E-state index contributed by atoms with van der Waals surface area (Å²) in [5.41, 5.74) is 5.04. The second-order valence-corrected chi connectivity index (χ2v) is 9.08. The lowest BCUT2D eigenvalue weighted by Gasteiger charge is -2.20. The van der Waals surface area contributed by atoms with Crippen LogP contribution in [-0.4, -0.2) is 41.7 Å². The Balaban J connectivity index is 1.31. The first-order valence-corrected chi connectivity index (χ1v) is 12.1. The Morgan fingerprint density at radius 1 is 1.05 bits per heavy atom. The van der Waals surface area contributed by atoms with E-state index in [9.17, 15) is 4.79 Å². The molecule has 37 heavy (non-hydrogen) atoms. The van der Waals surface area contributed by atoms with Gasteiger partial charge < -0.3 is 24.5 Å². The van der Waals surface area contributed by atoms with Crippen molar-refractivity contribution in [2.24, 2.45) is 0 Å². The van der Waals surface area contributed by atoms with Gasteiger partial charge in [-0.25, -0.2) is 0 Å². The molecular weight excluding hydrogens is 466 g/mol. The number of carbonyl (C=O) groups is 1. The molecule has 0 saturated heterocycles. The number of H-pyrrole nitrogens is 1. The predicted octanol–water partition coefficient (Wildman–Crippen LogP) is 5.07. The molecule has 8 nitrogen and oxygen atoms in total. The van der Waals surface area contributed by atoms with Crippen molar-refractivity contribution in [1.29, 1.82) is 0 Å². The van der Waals surface area contributed by atoms with Gasteiger partial charge in [-0.1, -0.05) is 35.5 Å². The maximum Gasteiger partial charge on any atom is 0.251 e. The lowest BCUT2D eigenvalue weighted by atomic mass is 9.90. The number of aryl methyl sites for hydroxylation is 1. The lowest BCUT2D eigenvalue weighted by molar-refractivity contribution is 0.0952. The Hall–Kier alpha value is -4.59. The molecule has 3 aromatic carbocycles. The van der Waals surface area contributed by atoms with Gasteiger partial charge in [-0.2, -0.15) is 4.98 Å².